The summed E-state index contributed by atoms with van der Waals surface area (Å²) in [7, 11) is 1.34. The molecule has 1 heterocycles. The molecule has 0 spiro atoms. The maximum atomic E-state index is 12.4. The molecule has 33 heavy (non-hydrogen) atoms. The van der Waals surface area contributed by atoms with Gasteiger partial charge in [-0.1, -0.05) is 6.07 Å². The number of ether oxygens (including phenoxy) is 3. The SMILES string of the molecule is COc1cc(/C=C/C(=O)Nc2ccc(NC(=O)CN3CCOCC3)cc2)ccc1OC(F)F. The van der Waals surface area contributed by atoms with Crippen molar-refractivity contribution in [3.8, 4) is 11.5 Å². The number of carbonyl (C=O) groups excluding carboxylic acids is 2. The smallest absolute Gasteiger partial charge is 0.387 e. The maximum absolute atomic E-state index is 12.4. The first-order valence-corrected chi connectivity index (χ1v) is 10.2. The van der Waals surface area contributed by atoms with Crippen molar-refractivity contribution in [1.82, 2.24) is 4.90 Å². The summed E-state index contributed by atoms with van der Waals surface area (Å²) in [6, 6.07) is 11.1. The second-order valence-electron chi connectivity index (χ2n) is 7.13. The molecule has 1 aliphatic heterocycles. The minimum atomic E-state index is -2.96. The Morgan fingerprint density at radius 1 is 1.06 bits per heavy atom. The zero-order valence-corrected chi connectivity index (χ0v) is 18.1. The molecule has 0 aliphatic carbocycles. The second kappa shape index (κ2) is 11.9. The molecular weight excluding hydrogens is 436 g/mol. The highest BCUT2D eigenvalue weighted by Gasteiger charge is 2.14. The number of amides is 2. The van der Waals surface area contributed by atoms with E-state index in [9.17, 15) is 18.4 Å². The number of hydrogen-bond donors (Lipinski definition) is 2. The molecule has 3 rings (SSSR count). The summed E-state index contributed by atoms with van der Waals surface area (Å²) in [5.41, 5.74) is 1.75. The lowest BCUT2D eigenvalue weighted by Crippen LogP contribution is -2.41. The predicted molar refractivity (Wildman–Crippen MR) is 120 cm³/mol. The molecule has 2 amide bonds. The molecule has 10 heteroatoms. The van der Waals surface area contributed by atoms with Gasteiger partial charge in [0, 0.05) is 30.5 Å². The van der Waals surface area contributed by atoms with Crippen LogP contribution in [0.2, 0.25) is 0 Å². The monoisotopic (exact) mass is 461 g/mol. The van der Waals surface area contributed by atoms with Gasteiger partial charge < -0.3 is 24.8 Å². The number of nitrogens with zero attached hydrogens (tertiary/aromatic N) is 1. The lowest BCUT2D eigenvalue weighted by Gasteiger charge is -2.25. The van der Waals surface area contributed by atoms with Crippen LogP contribution in [-0.4, -0.2) is 63.3 Å². The number of benzene rings is 2. The van der Waals surface area contributed by atoms with E-state index in [0.29, 0.717) is 36.7 Å². The number of hydrogen-bond acceptors (Lipinski definition) is 6. The van der Waals surface area contributed by atoms with Crippen molar-refractivity contribution in [1.29, 1.82) is 0 Å². The molecule has 176 valence electrons. The summed E-state index contributed by atoms with van der Waals surface area (Å²) in [6.07, 6.45) is 2.82. The fourth-order valence-corrected chi connectivity index (χ4v) is 3.14. The minimum absolute atomic E-state index is 0.0915. The molecule has 1 aliphatic rings. The van der Waals surface area contributed by atoms with Gasteiger partial charge in [-0.05, 0) is 48.0 Å². The molecule has 0 unspecified atom stereocenters. The zero-order valence-electron chi connectivity index (χ0n) is 18.1. The summed E-state index contributed by atoms with van der Waals surface area (Å²) in [4.78, 5) is 26.4. The fourth-order valence-electron chi connectivity index (χ4n) is 3.14. The Balaban J connectivity index is 1.51. The van der Waals surface area contributed by atoms with E-state index < -0.39 is 6.61 Å². The Bertz CT molecular complexity index is 977. The van der Waals surface area contributed by atoms with E-state index in [1.165, 1.54) is 37.5 Å². The van der Waals surface area contributed by atoms with Gasteiger partial charge in [-0.25, -0.2) is 0 Å². The van der Waals surface area contributed by atoms with Crippen LogP contribution in [0.25, 0.3) is 6.08 Å². The van der Waals surface area contributed by atoms with Gasteiger partial charge in [0.25, 0.3) is 0 Å². The molecular formula is C23H25F2N3O5. The third kappa shape index (κ3) is 7.85. The molecule has 2 aromatic rings. The van der Waals surface area contributed by atoms with Crippen LogP contribution in [0.5, 0.6) is 11.5 Å². The van der Waals surface area contributed by atoms with E-state index in [2.05, 4.69) is 15.4 Å². The summed E-state index contributed by atoms with van der Waals surface area (Å²) in [5, 5.41) is 5.54. The molecule has 0 saturated carbocycles. The Labute approximate surface area is 190 Å². The van der Waals surface area contributed by atoms with Crippen LogP contribution in [0.4, 0.5) is 20.2 Å². The molecule has 0 radical (unpaired) electrons. The van der Waals surface area contributed by atoms with E-state index in [1.54, 1.807) is 24.3 Å². The van der Waals surface area contributed by atoms with Crippen LogP contribution in [0.1, 0.15) is 5.56 Å². The first-order chi connectivity index (χ1) is 15.9. The van der Waals surface area contributed by atoms with Crippen LogP contribution < -0.4 is 20.1 Å². The largest absolute Gasteiger partial charge is 0.493 e. The van der Waals surface area contributed by atoms with Crippen LogP contribution in [0, 0.1) is 0 Å². The van der Waals surface area contributed by atoms with Gasteiger partial charge in [-0.2, -0.15) is 8.78 Å². The van der Waals surface area contributed by atoms with Crippen molar-refractivity contribution in [3.63, 3.8) is 0 Å². The normalized spacial score (nSPS) is 14.3. The number of morpholine rings is 1. The number of carbonyl (C=O) groups is 2. The Morgan fingerprint density at radius 3 is 2.36 bits per heavy atom. The Morgan fingerprint density at radius 2 is 1.73 bits per heavy atom. The summed E-state index contributed by atoms with van der Waals surface area (Å²) >= 11 is 0. The number of methoxy groups -OCH3 is 1. The van der Waals surface area contributed by atoms with Gasteiger partial charge >= 0.3 is 6.61 Å². The quantitative estimate of drug-likeness (QED) is 0.558. The number of alkyl halides is 2. The Kier molecular flexibility index (Phi) is 8.73. The number of anilines is 2. The minimum Gasteiger partial charge on any atom is -0.493 e. The molecule has 0 atom stereocenters. The van der Waals surface area contributed by atoms with Crippen LogP contribution >= 0.6 is 0 Å². The fraction of sp³-hybridized carbons (Fsp3) is 0.304. The van der Waals surface area contributed by atoms with E-state index in [4.69, 9.17) is 9.47 Å². The van der Waals surface area contributed by atoms with Gasteiger partial charge in [0.2, 0.25) is 11.8 Å². The number of nitrogens with one attached hydrogen (secondary N) is 2. The third-order valence-electron chi connectivity index (χ3n) is 4.74. The highest BCUT2D eigenvalue weighted by atomic mass is 19.3. The molecule has 0 bridgehead atoms. The Hall–Kier alpha value is -3.50. The van der Waals surface area contributed by atoms with Crippen LogP contribution in [-0.2, 0) is 14.3 Å². The maximum Gasteiger partial charge on any atom is 0.387 e. The molecule has 8 nitrogen and oxygen atoms in total. The topological polar surface area (TPSA) is 89.1 Å². The number of halogens is 2. The first-order valence-electron chi connectivity index (χ1n) is 10.2. The highest BCUT2D eigenvalue weighted by Crippen LogP contribution is 2.29. The van der Waals surface area contributed by atoms with E-state index in [0.717, 1.165) is 13.1 Å². The molecule has 2 aromatic carbocycles. The summed E-state index contributed by atoms with van der Waals surface area (Å²) < 4.78 is 39.5. The molecule has 0 aromatic heterocycles. The highest BCUT2D eigenvalue weighted by molar-refractivity contribution is 6.02. The van der Waals surface area contributed by atoms with Crippen molar-refractivity contribution in [3.05, 3.63) is 54.1 Å². The standard InChI is InChI=1S/C23H25F2N3O5/c1-31-20-14-16(2-8-19(20)33-23(24)25)3-9-21(29)26-17-4-6-18(7-5-17)27-22(30)15-28-10-12-32-13-11-28/h2-9,14,23H,10-13,15H2,1H3,(H,26,29)(H,27,30)/b9-3+. The molecule has 1 saturated heterocycles. The van der Waals surface area contributed by atoms with E-state index in [-0.39, 0.29) is 23.3 Å². The average molecular weight is 461 g/mol. The van der Waals surface area contributed by atoms with Crippen molar-refractivity contribution >= 4 is 29.3 Å². The summed E-state index contributed by atoms with van der Waals surface area (Å²) in [6.45, 7) is 0.0470. The van der Waals surface area contributed by atoms with Gasteiger partial charge in [0.1, 0.15) is 0 Å². The van der Waals surface area contributed by atoms with Crippen LogP contribution in [0.15, 0.2) is 48.5 Å². The first kappa shape index (κ1) is 24.1. The third-order valence-corrected chi connectivity index (χ3v) is 4.74. The molecule has 1 fully saturated rings. The van der Waals surface area contributed by atoms with Gasteiger partial charge in [-0.3, -0.25) is 14.5 Å². The van der Waals surface area contributed by atoms with Gasteiger partial charge in [-0.15, -0.1) is 0 Å². The van der Waals surface area contributed by atoms with Gasteiger partial charge in [0.05, 0.1) is 26.9 Å². The lowest BCUT2D eigenvalue weighted by atomic mass is 10.2. The lowest BCUT2D eigenvalue weighted by molar-refractivity contribution is -0.118. The van der Waals surface area contributed by atoms with E-state index >= 15 is 0 Å². The van der Waals surface area contributed by atoms with Crippen molar-refractivity contribution < 1.29 is 32.6 Å². The second-order valence-corrected chi connectivity index (χ2v) is 7.13. The average Bonchev–Trinajstić information content (AvgIpc) is 2.80. The van der Waals surface area contributed by atoms with Gasteiger partial charge in [0.15, 0.2) is 11.5 Å². The zero-order chi connectivity index (χ0) is 23.6. The van der Waals surface area contributed by atoms with Crippen molar-refractivity contribution in [2.24, 2.45) is 0 Å². The van der Waals surface area contributed by atoms with Crippen LogP contribution in [0.3, 0.4) is 0 Å². The summed E-state index contributed by atoms with van der Waals surface area (Å²) in [5.74, 6) is -0.460. The van der Waals surface area contributed by atoms with Crippen molar-refractivity contribution in [2.45, 2.75) is 6.61 Å². The molecule has 2 N–H and O–H groups in total. The van der Waals surface area contributed by atoms with Crippen molar-refractivity contribution in [2.75, 3.05) is 50.6 Å². The predicted octanol–water partition coefficient (Wildman–Crippen LogP) is 3.22. The van der Waals surface area contributed by atoms with E-state index in [1.807, 2.05) is 4.90 Å². The number of rotatable bonds is 9.